The maximum Gasteiger partial charge on any atom is 0.199 e. The van der Waals surface area contributed by atoms with Gasteiger partial charge in [0, 0.05) is 5.02 Å². The first kappa shape index (κ1) is 14.5. The molecule has 0 saturated heterocycles. The summed E-state index contributed by atoms with van der Waals surface area (Å²) in [4.78, 5) is 12.5. The lowest BCUT2D eigenvalue weighted by Gasteiger charge is -2.13. The lowest BCUT2D eigenvalue weighted by molar-refractivity contribution is 0.103. The number of ketones is 1. The van der Waals surface area contributed by atoms with Crippen LogP contribution in [0.15, 0.2) is 30.3 Å². The maximum absolute atomic E-state index is 13.8. The SMILES string of the molecule is COc1c(C(=O)c2cc(Cl)ccc2F)ccc(C)c1C. The van der Waals surface area contributed by atoms with Gasteiger partial charge < -0.3 is 4.74 Å². The lowest BCUT2D eigenvalue weighted by Crippen LogP contribution is -2.08. The largest absolute Gasteiger partial charge is 0.496 e. The quantitative estimate of drug-likeness (QED) is 0.787. The summed E-state index contributed by atoms with van der Waals surface area (Å²) >= 11 is 5.83. The van der Waals surface area contributed by atoms with Crippen LogP contribution in [0.2, 0.25) is 5.02 Å². The molecule has 0 aliphatic rings. The Balaban J connectivity index is 2.59. The van der Waals surface area contributed by atoms with Crippen LogP contribution in [0.5, 0.6) is 5.75 Å². The number of methoxy groups -OCH3 is 1. The van der Waals surface area contributed by atoms with Crippen molar-refractivity contribution < 1.29 is 13.9 Å². The lowest BCUT2D eigenvalue weighted by atomic mass is 9.97. The Labute approximate surface area is 122 Å². The van der Waals surface area contributed by atoms with Gasteiger partial charge in [0.25, 0.3) is 0 Å². The van der Waals surface area contributed by atoms with E-state index in [-0.39, 0.29) is 5.56 Å². The average Bonchev–Trinajstić information content (AvgIpc) is 2.43. The van der Waals surface area contributed by atoms with E-state index in [1.165, 1.54) is 25.3 Å². The van der Waals surface area contributed by atoms with Gasteiger partial charge in [-0.15, -0.1) is 0 Å². The number of hydrogen-bond donors (Lipinski definition) is 0. The summed E-state index contributed by atoms with van der Waals surface area (Å²) in [6.45, 7) is 3.78. The molecule has 0 aliphatic carbocycles. The number of carbonyl (C=O) groups excluding carboxylic acids is 1. The topological polar surface area (TPSA) is 26.3 Å². The van der Waals surface area contributed by atoms with E-state index in [0.29, 0.717) is 16.3 Å². The second kappa shape index (κ2) is 5.63. The third-order valence-corrected chi connectivity index (χ3v) is 3.53. The molecule has 0 bridgehead atoms. The van der Waals surface area contributed by atoms with Crippen molar-refractivity contribution in [1.29, 1.82) is 0 Å². The highest BCUT2D eigenvalue weighted by molar-refractivity contribution is 6.31. The van der Waals surface area contributed by atoms with E-state index in [0.717, 1.165) is 11.1 Å². The number of aryl methyl sites for hydroxylation is 1. The van der Waals surface area contributed by atoms with Gasteiger partial charge in [-0.1, -0.05) is 17.7 Å². The molecule has 2 nitrogen and oxygen atoms in total. The highest BCUT2D eigenvalue weighted by Gasteiger charge is 2.20. The summed E-state index contributed by atoms with van der Waals surface area (Å²) in [5.74, 6) is -0.570. The van der Waals surface area contributed by atoms with E-state index in [1.54, 1.807) is 6.07 Å². The van der Waals surface area contributed by atoms with E-state index < -0.39 is 11.6 Å². The van der Waals surface area contributed by atoms with Crippen LogP contribution in [-0.2, 0) is 0 Å². The molecule has 0 fully saturated rings. The molecule has 0 radical (unpaired) electrons. The van der Waals surface area contributed by atoms with E-state index in [4.69, 9.17) is 16.3 Å². The Hall–Kier alpha value is -1.87. The van der Waals surface area contributed by atoms with Gasteiger partial charge >= 0.3 is 0 Å². The molecule has 0 amide bonds. The van der Waals surface area contributed by atoms with Crippen molar-refractivity contribution in [2.45, 2.75) is 13.8 Å². The maximum atomic E-state index is 13.8. The first-order valence-corrected chi connectivity index (χ1v) is 6.47. The number of ether oxygens (including phenoxy) is 1. The van der Waals surface area contributed by atoms with E-state index >= 15 is 0 Å². The number of carbonyl (C=O) groups is 1. The molecule has 2 rings (SSSR count). The minimum atomic E-state index is -0.598. The number of halogens is 2. The normalized spacial score (nSPS) is 10.4. The summed E-state index contributed by atoms with van der Waals surface area (Å²) in [7, 11) is 1.49. The Morgan fingerprint density at radius 2 is 1.85 bits per heavy atom. The van der Waals surface area contributed by atoms with Crippen molar-refractivity contribution in [3.05, 3.63) is 63.4 Å². The van der Waals surface area contributed by atoms with Crippen LogP contribution >= 0.6 is 11.6 Å². The molecule has 0 aliphatic heterocycles. The van der Waals surface area contributed by atoms with Crippen molar-refractivity contribution in [2.24, 2.45) is 0 Å². The average molecular weight is 293 g/mol. The van der Waals surface area contributed by atoms with Crippen LogP contribution in [-0.4, -0.2) is 12.9 Å². The fraction of sp³-hybridized carbons (Fsp3) is 0.188. The standard InChI is InChI=1S/C16H14ClFO2/c1-9-4-6-12(16(20-3)10(9)2)15(19)13-8-11(17)5-7-14(13)18/h4-8H,1-3H3. The molecule has 0 heterocycles. The highest BCUT2D eigenvalue weighted by atomic mass is 35.5. The minimum Gasteiger partial charge on any atom is -0.496 e. The molecule has 4 heteroatoms. The first-order chi connectivity index (χ1) is 9.45. The van der Waals surface area contributed by atoms with Crippen LogP contribution < -0.4 is 4.74 Å². The van der Waals surface area contributed by atoms with Crippen molar-refractivity contribution in [3.63, 3.8) is 0 Å². The number of rotatable bonds is 3. The molecule has 2 aromatic carbocycles. The smallest absolute Gasteiger partial charge is 0.199 e. The Morgan fingerprint density at radius 1 is 1.15 bits per heavy atom. The monoisotopic (exact) mass is 292 g/mol. The number of benzene rings is 2. The molecule has 20 heavy (non-hydrogen) atoms. The van der Waals surface area contributed by atoms with Gasteiger partial charge in [-0.25, -0.2) is 4.39 Å². The van der Waals surface area contributed by atoms with Gasteiger partial charge in [-0.3, -0.25) is 4.79 Å². The second-order valence-electron chi connectivity index (χ2n) is 4.54. The molecular formula is C16H14ClFO2. The van der Waals surface area contributed by atoms with Crippen LogP contribution in [0, 0.1) is 19.7 Å². The zero-order valence-electron chi connectivity index (χ0n) is 11.5. The van der Waals surface area contributed by atoms with Crippen LogP contribution in [0.25, 0.3) is 0 Å². The number of hydrogen-bond acceptors (Lipinski definition) is 2. The summed E-state index contributed by atoms with van der Waals surface area (Å²) < 4.78 is 19.1. The molecule has 0 saturated carbocycles. The molecule has 0 aromatic heterocycles. The van der Waals surface area contributed by atoms with E-state index in [1.807, 2.05) is 19.9 Å². The van der Waals surface area contributed by atoms with Crippen LogP contribution in [0.4, 0.5) is 4.39 Å². The first-order valence-electron chi connectivity index (χ1n) is 6.09. The Bertz CT molecular complexity index is 680. The van der Waals surface area contributed by atoms with Gasteiger partial charge in [0.1, 0.15) is 11.6 Å². The molecule has 0 atom stereocenters. The molecule has 0 N–H and O–H groups in total. The fourth-order valence-corrected chi connectivity index (χ4v) is 2.22. The highest BCUT2D eigenvalue weighted by Crippen LogP contribution is 2.29. The molecular weight excluding hydrogens is 279 g/mol. The zero-order valence-corrected chi connectivity index (χ0v) is 12.2. The predicted octanol–water partition coefficient (Wildman–Crippen LogP) is 4.34. The van der Waals surface area contributed by atoms with Gasteiger partial charge in [-0.2, -0.15) is 0 Å². The third kappa shape index (κ3) is 2.54. The summed E-state index contributed by atoms with van der Waals surface area (Å²) in [6.07, 6.45) is 0. The van der Waals surface area contributed by atoms with Gasteiger partial charge in [0.2, 0.25) is 0 Å². The Kier molecular flexibility index (Phi) is 4.09. The summed E-state index contributed by atoms with van der Waals surface area (Å²) in [5, 5.41) is 0.317. The summed E-state index contributed by atoms with van der Waals surface area (Å²) in [5.41, 5.74) is 2.14. The van der Waals surface area contributed by atoms with Crippen molar-refractivity contribution in [3.8, 4) is 5.75 Å². The van der Waals surface area contributed by atoms with E-state index in [9.17, 15) is 9.18 Å². The second-order valence-corrected chi connectivity index (χ2v) is 4.98. The molecule has 0 unspecified atom stereocenters. The molecule has 104 valence electrons. The Morgan fingerprint density at radius 3 is 2.50 bits per heavy atom. The van der Waals surface area contributed by atoms with Gasteiger partial charge in [0.15, 0.2) is 5.78 Å². The van der Waals surface area contributed by atoms with Gasteiger partial charge in [0.05, 0.1) is 18.2 Å². The fourth-order valence-electron chi connectivity index (χ4n) is 2.05. The third-order valence-electron chi connectivity index (χ3n) is 3.30. The zero-order chi connectivity index (χ0) is 14.9. The molecule has 2 aromatic rings. The van der Waals surface area contributed by atoms with Gasteiger partial charge in [-0.05, 0) is 49.2 Å². The minimum absolute atomic E-state index is 0.0564. The van der Waals surface area contributed by atoms with Crippen LogP contribution in [0.3, 0.4) is 0 Å². The van der Waals surface area contributed by atoms with Crippen LogP contribution in [0.1, 0.15) is 27.0 Å². The van der Waals surface area contributed by atoms with Crippen molar-refractivity contribution in [1.82, 2.24) is 0 Å². The van der Waals surface area contributed by atoms with Crippen molar-refractivity contribution in [2.75, 3.05) is 7.11 Å². The molecule has 0 spiro atoms. The summed E-state index contributed by atoms with van der Waals surface area (Å²) in [6, 6.07) is 7.37. The van der Waals surface area contributed by atoms with Crippen molar-refractivity contribution >= 4 is 17.4 Å². The van der Waals surface area contributed by atoms with E-state index in [2.05, 4.69) is 0 Å². The predicted molar refractivity (Wildman–Crippen MR) is 77.3 cm³/mol.